The predicted molar refractivity (Wildman–Crippen MR) is 93.9 cm³/mol. The van der Waals surface area contributed by atoms with Crippen LogP contribution in [0.15, 0.2) is 41.0 Å². The van der Waals surface area contributed by atoms with E-state index in [1.807, 2.05) is 6.92 Å². The number of aliphatic hydroxyl groups excluding tert-OH is 1. The highest BCUT2D eigenvalue weighted by molar-refractivity contribution is 5.74. The van der Waals surface area contributed by atoms with E-state index < -0.39 is 6.10 Å². The Labute approximate surface area is 143 Å². The second-order valence-corrected chi connectivity index (χ2v) is 6.25. The molecule has 1 aromatic carbocycles. The van der Waals surface area contributed by atoms with Gasteiger partial charge in [-0.15, -0.1) is 0 Å². The van der Waals surface area contributed by atoms with Crippen molar-refractivity contribution in [1.82, 2.24) is 10.6 Å². The highest BCUT2D eigenvalue weighted by Crippen LogP contribution is 2.18. The molecule has 130 valence electrons. The van der Waals surface area contributed by atoms with Crippen LogP contribution in [0.25, 0.3) is 0 Å². The Bertz CT molecular complexity index is 653. The Morgan fingerprint density at radius 1 is 1.29 bits per heavy atom. The Morgan fingerprint density at radius 3 is 2.75 bits per heavy atom. The Balaban J connectivity index is 1.70. The van der Waals surface area contributed by atoms with Crippen molar-refractivity contribution in [2.45, 2.75) is 45.8 Å². The summed E-state index contributed by atoms with van der Waals surface area (Å²) in [7, 11) is 0. The number of amides is 2. The van der Waals surface area contributed by atoms with Crippen molar-refractivity contribution in [3.63, 3.8) is 0 Å². The summed E-state index contributed by atoms with van der Waals surface area (Å²) in [5.74, 6) is 0.513. The number of aliphatic hydroxyl groups is 1. The predicted octanol–water partition coefficient (Wildman–Crippen LogP) is 3.25. The molecule has 1 heterocycles. The lowest BCUT2D eigenvalue weighted by atomic mass is 10.0. The number of aryl methyl sites for hydroxylation is 2. The van der Waals surface area contributed by atoms with E-state index in [4.69, 9.17) is 4.42 Å². The molecule has 2 rings (SSSR count). The number of nitrogens with one attached hydrogen (secondary N) is 2. The van der Waals surface area contributed by atoms with E-state index in [0.717, 1.165) is 6.42 Å². The molecule has 0 aliphatic rings. The molecule has 3 N–H and O–H groups in total. The van der Waals surface area contributed by atoms with Crippen LogP contribution in [-0.2, 0) is 6.42 Å². The smallest absolute Gasteiger partial charge is 0.315 e. The summed E-state index contributed by atoms with van der Waals surface area (Å²) >= 11 is 0. The third-order valence-corrected chi connectivity index (χ3v) is 4.00. The summed E-state index contributed by atoms with van der Waals surface area (Å²) in [6, 6.07) is 9.41. The quantitative estimate of drug-likeness (QED) is 0.729. The SMILES string of the molecule is Cc1ccc(CCNC(=O)NC(C)CC(O)c2ccco2)c(C)c1. The number of benzene rings is 1. The Morgan fingerprint density at radius 2 is 2.08 bits per heavy atom. The van der Waals surface area contributed by atoms with Gasteiger partial charge in [0, 0.05) is 19.0 Å². The first-order valence-electron chi connectivity index (χ1n) is 8.27. The molecule has 0 aliphatic heterocycles. The van der Waals surface area contributed by atoms with Gasteiger partial charge in [-0.2, -0.15) is 0 Å². The van der Waals surface area contributed by atoms with Crippen LogP contribution in [-0.4, -0.2) is 23.7 Å². The van der Waals surface area contributed by atoms with Crippen LogP contribution in [0.1, 0.15) is 41.9 Å². The number of urea groups is 1. The number of rotatable bonds is 7. The van der Waals surface area contributed by atoms with Crippen LogP contribution in [0.4, 0.5) is 4.79 Å². The van der Waals surface area contributed by atoms with E-state index in [1.54, 1.807) is 12.1 Å². The van der Waals surface area contributed by atoms with Crippen LogP contribution in [0.5, 0.6) is 0 Å². The summed E-state index contributed by atoms with van der Waals surface area (Å²) in [5, 5.41) is 15.7. The molecule has 5 heteroatoms. The third kappa shape index (κ3) is 5.42. The van der Waals surface area contributed by atoms with Gasteiger partial charge in [-0.25, -0.2) is 4.79 Å². The van der Waals surface area contributed by atoms with Gasteiger partial charge < -0.3 is 20.2 Å². The van der Waals surface area contributed by atoms with Crippen LogP contribution >= 0.6 is 0 Å². The molecular weight excluding hydrogens is 304 g/mol. The van der Waals surface area contributed by atoms with E-state index in [0.29, 0.717) is 18.7 Å². The lowest BCUT2D eigenvalue weighted by molar-refractivity contribution is 0.129. The molecule has 2 amide bonds. The number of hydrogen-bond acceptors (Lipinski definition) is 3. The molecule has 0 spiro atoms. The number of carbonyl (C=O) groups is 1. The van der Waals surface area contributed by atoms with Gasteiger partial charge >= 0.3 is 6.03 Å². The van der Waals surface area contributed by atoms with Crippen molar-refractivity contribution in [3.05, 3.63) is 59.0 Å². The lowest BCUT2D eigenvalue weighted by Gasteiger charge is -2.17. The second kappa shape index (κ2) is 8.55. The molecule has 2 aromatic rings. The zero-order valence-corrected chi connectivity index (χ0v) is 14.5. The van der Waals surface area contributed by atoms with Gasteiger partial charge in [0.1, 0.15) is 11.9 Å². The van der Waals surface area contributed by atoms with E-state index in [-0.39, 0.29) is 12.1 Å². The standard InChI is InChI=1S/C19H26N2O3/c1-13-6-7-16(14(2)11-13)8-9-20-19(23)21-15(3)12-17(22)18-5-4-10-24-18/h4-7,10-11,15,17,22H,8-9,12H2,1-3H3,(H2,20,21,23). The average molecular weight is 330 g/mol. The average Bonchev–Trinajstić information content (AvgIpc) is 3.03. The van der Waals surface area contributed by atoms with Gasteiger partial charge in [0.25, 0.3) is 0 Å². The first-order chi connectivity index (χ1) is 11.5. The van der Waals surface area contributed by atoms with Gasteiger partial charge in [-0.1, -0.05) is 23.8 Å². The minimum absolute atomic E-state index is 0.161. The topological polar surface area (TPSA) is 74.5 Å². The fourth-order valence-corrected chi connectivity index (χ4v) is 2.70. The molecular formula is C19H26N2O3. The molecule has 0 radical (unpaired) electrons. The van der Waals surface area contributed by atoms with Crippen LogP contribution in [0.2, 0.25) is 0 Å². The van der Waals surface area contributed by atoms with Crippen molar-refractivity contribution in [1.29, 1.82) is 0 Å². The molecule has 2 unspecified atom stereocenters. The maximum Gasteiger partial charge on any atom is 0.315 e. The molecule has 2 atom stereocenters. The maximum absolute atomic E-state index is 11.9. The fraction of sp³-hybridized carbons (Fsp3) is 0.421. The van der Waals surface area contributed by atoms with E-state index in [9.17, 15) is 9.90 Å². The minimum atomic E-state index is -0.717. The largest absolute Gasteiger partial charge is 0.467 e. The molecule has 0 fully saturated rings. The van der Waals surface area contributed by atoms with Crippen molar-refractivity contribution < 1.29 is 14.3 Å². The first kappa shape index (κ1) is 18.1. The Hall–Kier alpha value is -2.27. The van der Waals surface area contributed by atoms with Gasteiger partial charge in [-0.3, -0.25) is 0 Å². The summed E-state index contributed by atoms with van der Waals surface area (Å²) in [6.45, 7) is 6.58. The normalized spacial score (nSPS) is 13.3. The van der Waals surface area contributed by atoms with Gasteiger partial charge in [0.05, 0.1) is 6.26 Å². The Kier molecular flexibility index (Phi) is 6.44. The molecule has 24 heavy (non-hydrogen) atoms. The van der Waals surface area contributed by atoms with Gasteiger partial charge in [-0.05, 0) is 50.5 Å². The first-order valence-corrected chi connectivity index (χ1v) is 8.27. The van der Waals surface area contributed by atoms with Crippen molar-refractivity contribution >= 4 is 6.03 Å². The molecule has 1 aromatic heterocycles. The van der Waals surface area contributed by atoms with Gasteiger partial charge in [0.15, 0.2) is 0 Å². The monoisotopic (exact) mass is 330 g/mol. The second-order valence-electron chi connectivity index (χ2n) is 6.25. The summed E-state index contributed by atoms with van der Waals surface area (Å²) in [4.78, 5) is 11.9. The molecule has 0 saturated carbocycles. The van der Waals surface area contributed by atoms with Crippen LogP contribution in [0.3, 0.4) is 0 Å². The molecule has 0 saturated heterocycles. The maximum atomic E-state index is 11.9. The van der Waals surface area contributed by atoms with E-state index in [2.05, 4.69) is 42.7 Å². The fourth-order valence-electron chi connectivity index (χ4n) is 2.70. The summed E-state index contributed by atoms with van der Waals surface area (Å²) in [5.41, 5.74) is 3.72. The highest BCUT2D eigenvalue weighted by atomic mass is 16.4. The number of furan rings is 1. The number of hydrogen-bond donors (Lipinski definition) is 3. The van der Waals surface area contributed by atoms with Crippen LogP contribution < -0.4 is 10.6 Å². The molecule has 0 bridgehead atoms. The zero-order chi connectivity index (χ0) is 17.5. The van der Waals surface area contributed by atoms with Gasteiger partial charge in [0.2, 0.25) is 0 Å². The highest BCUT2D eigenvalue weighted by Gasteiger charge is 2.16. The summed E-state index contributed by atoms with van der Waals surface area (Å²) < 4.78 is 5.16. The number of carbonyl (C=O) groups excluding carboxylic acids is 1. The summed E-state index contributed by atoms with van der Waals surface area (Å²) in [6.07, 6.45) is 2.00. The van der Waals surface area contributed by atoms with Crippen LogP contribution in [0, 0.1) is 13.8 Å². The van der Waals surface area contributed by atoms with Crippen molar-refractivity contribution in [3.8, 4) is 0 Å². The molecule has 0 aliphatic carbocycles. The van der Waals surface area contributed by atoms with E-state index >= 15 is 0 Å². The van der Waals surface area contributed by atoms with Crippen molar-refractivity contribution in [2.75, 3.05) is 6.54 Å². The third-order valence-electron chi connectivity index (χ3n) is 4.00. The molecule has 5 nitrogen and oxygen atoms in total. The minimum Gasteiger partial charge on any atom is -0.467 e. The lowest BCUT2D eigenvalue weighted by Crippen LogP contribution is -2.42. The zero-order valence-electron chi connectivity index (χ0n) is 14.5. The van der Waals surface area contributed by atoms with Crippen molar-refractivity contribution in [2.24, 2.45) is 0 Å². The van der Waals surface area contributed by atoms with E-state index in [1.165, 1.54) is 23.0 Å².